The van der Waals surface area contributed by atoms with Crippen molar-refractivity contribution in [2.24, 2.45) is 17.8 Å². The van der Waals surface area contributed by atoms with Crippen molar-refractivity contribution in [2.45, 2.75) is 39.5 Å². The van der Waals surface area contributed by atoms with E-state index >= 15 is 0 Å². The summed E-state index contributed by atoms with van der Waals surface area (Å²) in [5, 5.41) is 0. The van der Waals surface area contributed by atoms with E-state index in [1.165, 1.54) is 12.8 Å². The van der Waals surface area contributed by atoms with E-state index in [1.54, 1.807) is 13.3 Å². The Labute approximate surface area is 157 Å². The molecule has 0 aliphatic carbocycles. The molecule has 3 rings (SSSR count). The van der Waals surface area contributed by atoms with Gasteiger partial charge in [-0.25, -0.2) is 4.98 Å². The molecule has 1 amide bonds. The topological polar surface area (TPSA) is 45.7 Å². The lowest BCUT2D eigenvalue weighted by Gasteiger charge is -2.35. The predicted octanol–water partition coefficient (Wildman–Crippen LogP) is 3.45. The number of likely N-dealkylation sites (tertiary alicyclic amines) is 1. The minimum atomic E-state index is 0.100. The number of hydrogen-bond donors (Lipinski definition) is 0. The van der Waals surface area contributed by atoms with Crippen molar-refractivity contribution in [1.82, 2.24) is 9.88 Å². The standard InChI is InChI=1S/C21H33N3O2/c1-16(2)18-8-11-23(12-9-18)20-7-6-19(13-22-20)21(25)24-10-4-5-17(14-24)15-26-3/h6-7,13,16-18H,4-5,8-12,14-15H2,1-3H3/t17-/m1/s1. The SMILES string of the molecule is COC[C@@H]1CCCN(C(=O)c2ccc(N3CCC(C(C)C)CC3)nc2)C1. The molecule has 2 aliphatic heterocycles. The smallest absolute Gasteiger partial charge is 0.255 e. The maximum Gasteiger partial charge on any atom is 0.255 e. The molecule has 2 saturated heterocycles. The summed E-state index contributed by atoms with van der Waals surface area (Å²) in [4.78, 5) is 21.7. The molecule has 5 heteroatoms. The fourth-order valence-corrected chi connectivity index (χ4v) is 4.30. The minimum absolute atomic E-state index is 0.100. The normalized spacial score (nSPS) is 22.1. The third-order valence-corrected chi connectivity index (χ3v) is 6.01. The van der Waals surface area contributed by atoms with E-state index in [0.29, 0.717) is 11.5 Å². The van der Waals surface area contributed by atoms with Crippen LogP contribution >= 0.6 is 0 Å². The van der Waals surface area contributed by atoms with Crippen molar-refractivity contribution in [3.8, 4) is 0 Å². The first-order chi connectivity index (χ1) is 12.6. The number of rotatable bonds is 5. The van der Waals surface area contributed by atoms with Crippen LogP contribution in [0.2, 0.25) is 0 Å². The Kier molecular flexibility index (Phi) is 6.52. The molecule has 1 aromatic heterocycles. The molecule has 26 heavy (non-hydrogen) atoms. The molecule has 144 valence electrons. The number of amides is 1. The van der Waals surface area contributed by atoms with Gasteiger partial charge in [0.2, 0.25) is 0 Å². The summed E-state index contributed by atoms with van der Waals surface area (Å²) >= 11 is 0. The molecule has 5 nitrogen and oxygen atoms in total. The molecule has 0 aromatic carbocycles. The Balaban J connectivity index is 1.58. The fourth-order valence-electron chi connectivity index (χ4n) is 4.30. The van der Waals surface area contributed by atoms with Crippen molar-refractivity contribution in [1.29, 1.82) is 0 Å². The Hall–Kier alpha value is -1.62. The first-order valence-corrected chi connectivity index (χ1v) is 10.1. The fraction of sp³-hybridized carbons (Fsp3) is 0.714. The first kappa shape index (κ1) is 19.2. The van der Waals surface area contributed by atoms with Crippen molar-refractivity contribution in [3.05, 3.63) is 23.9 Å². The van der Waals surface area contributed by atoms with Gasteiger partial charge in [0.25, 0.3) is 5.91 Å². The highest BCUT2D eigenvalue weighted by Crippen LogP contribution is 2.27. The third-order valence-electron chi connectivity index (χ3n) is 6.01. The maximum atomic E-state index is 12.8. The van der Waals surface area contributed by atoms with Gasteiger partial charge in [-0.1, -0.05) is 13.8 Å². The summed E-state index contributed by atoms with van der Waals surface area (Å²) in [6.45, 7) is 9.11. The van der Waals surface area contributed by atoms with Crippen LogP contribution in [0.4, 0.5) is 5.82 Å². The molecular weight excluding hydrogens is 326 g/mol. The van der Waals surface area contributed by atoms with Crippen LogP contribution in [0.1, 0.15) is 49.9 Å². The van der Waals surface area contributed by atoms with Crippen LogP contribution in [-0.2, 0) is 4.74 Å². The van der Waals surface area contributed by atoms with Gasteiger partial charge in [0.15, 0.2) is 0 Å². The molecule has 1 atom stereocenters. The molecular formula is C21H33N3O2. The van der Waals surface area contributed by atoms with Gasteiger partial charge in [0.1, 0.15) is 5.82 Å². The van der Waals surface area contributed by atoms with Gasteiger partial charge in [-0.3, -0.25) is 4.79 Å². The summed E-state index contributed by atoms with van der Waals surface area (Å²) in [6, 6.07) is 3.96. The number of pyridine rings is 1. The van der Waals surface area contributed by atoms with Crippen LogP contribution in [0.15, 0.2) is 18.3 Å². The number of hydrogen-bond acceptors (Lipinski definition) is 4. The molecule has 2 aliphatic rings. The lowest BCUT2D eigenvalue weighted by molar-refractivity contribution is 0.0570. The van der Waals surface area contributed by atoms with Crippen molar-refractivity contribution in [2.75, 3.05) is 44.8 Å². The summed E-state index contributed by atoms with van der Waals surface area (Å²) in [6.07, 6.45) is 6.41. The Morgan fingerprint density at radius 2 is 2.00 bits per heavy atom. The number of anilines is 1. The zero-order valence-corrected chi connectivity index (χ0v) is 16.5. The number of ether oxygens (including phenoxy) is 1. The number of carbonyl (C=O) groups is 1. The Morgan fingerprint density at radius 1 is 1.23 bits per heavy atom. The molecule has 3 heterocycles. The highest BCUT2D eigenvalue weighted by atomic mass is 16.5. The number of methoxy groups -OCH3 is 1. The van der Waals surface area contributed by atoms with Gasteiger partial charge in [0, 0.05) is 39.5 Å². The minimum Gasteiger partial charge on any atom is -0.384 e. The van der Waals surface area contributed by atoms with Crippen LogP contribution in [0, 0.1) is 17.8 Å². The van der Waals surface area contributed by atoms with E-state index in [1.807, 2.05) is 17.0 Å². The molecule has 0 bridgehead atoms. The molecule has 0 radical (unpaired) electrons. The predicted molar refractivity (Wildman–Crippen MR) is 105 cm³/mol. The molecule has 0 spiro atoms. The summed E-state index contributed by atoms with van der Waals surface area (Å²) in [5.74, 6) is 3.14. The second kappa shape index (κ2) is 8.85. The van der Waals surface area contributed by atoms with Crippen LogP contribution in [0.5, 0.6) is 0 Å². The van der Waals surface area contributed by atoms with E-state index in [0.717, 1.165) is 63.3 Å². The number of carbonyl (C=O) groups excluding carboxylic acids is 1. The van der Waals surface area contributed by atoms with Crippen LogP contribution in [0.25, 0.3) is 0 Å². The van der Waals surface area contributed by atoms with Crippen molar-refractivity contribution >= 4 is 11.7 Å². The molecule has 0 unspecified atom stereocenters. The number of aromatic nitrogens is 1. The van der Waals surface area contributed by atoms with Gasteiger partial charge in [-0.15, -0.1) is 0 Å². The highest BCUT2D eigenvalue weighted by molar-refractivity contribution is 5.94. The Morgan fingerprint density at radius 3 is 2.62 bits per heavy atom. The third kappa shape index (κ3) is 4.56. The van der Waals surface area contributed by atoms with Crippen molar-refractivity contribution < 1.29 is 9.53 Å². The second-order valence-corrected chi connectivity index (χ2v) is 8.19. The monoisotopic (exact) mass is 359 g/mol. The first-order valence-electron chi connectivity index (χ1n) is 10.1. The summed E-state index contributed by atoms with van der Waals surface area (Å²) < 4.78 is 5.26. The van der Waals surface area contributed by atoms with Crippen LogP contribution < -0.4 is 4.90 Å². The molecule has 0 N–H and O–H groups in total. The van der Waals surface area contributed by atoms with Crippen molar-refractivity contribution in [3.63, 3.8) is 0 Å². The molecule has 1 aromatic rings. The largest absolute Gasteiger partial charge is 0.384 e. The van der Waals surface area contributed by atoms with Gasteiger partial charge < -0.3 is 14.5 Å². The van der Waals surface area contributed by atoms with E-state index in [2.05, 4.69) is 23.7 Å². The van der Waals surface area contributed by atoms with Crippen LogP contribution in [0.3, 0.4) is 0 Å². The lowest BCUT2D eigenvalue weighted by Crippen LogP contribution is -2.41. The number of nitrogens with zero attached hydrogens (tertiary/aromatic N) is 3. The quantitative estimate of drug-likeness (QED) is 0.808. The van der Waals surface area contributed by atoms with Gasteiger partial charge >= 0.3 is 0 Å². The van der Waals surface area contributed by atoms with E-state index in [4.69, 9.17) is 4.74 Å². The lowest BCUT2D eigenvalue weighted by atomic mass is 9.87. The van der Waals surface area contributed by atoms with Gasteiger partial charge in [-0.2, -0.15) is 0 Å². The molecule has 0 saturated carbocycles. The zero-order chi connectivity index (χ0) is 18.5. The van der Waals surface area contributed by atoms with E-state index in [-0.39, 0.29) is 5.91 Å². The average molecular weight is 360 g/mol. The highest BCUT2D eigenvalue weighted by Gasteiger charge is 2.25. The van der Waals surface area contributed by atoms with Gasteiger partial charge in [-0.05, 0) is 55.6 Å². The average Bonchev–Trinajstić information content (AvgIpc) is 2.68. The van der Waals surface area contributed by atoms with E-state index in [9.17, 15) is 4.79 Å². The van der Waals surface area contributed by atoms with Crippen LogP contribution in [-0.4, -0.2) is 55.7 Å². The Bertz CT molecular complexity index is 577. The van der Waals surface area contributed by atoms with E-state index < -0.39 is 0 Å². The summed E-state index contributed by atoms with van der Waals surface area (Å²) in [7, 11) is 1.73. The molecule has 2 fully saturated rings. The van der Waals surface area contributed by atoms with Gasteiger partial charge in [0.05, 0.1) is 12.2 Å². The number of piperidine rings is 2. The zero-order valence-electron chi connectivity index (χ0n) is 16.5. The summed E-state index contributed by atoms with van der Waals surface area (Å²) in [5.41, 5.74) is 0.698. The second-order valence-electron chi connectivity index (χ2n) is 8.19. The maximum absolute atomic E-state index is 12.8.